The number of aryl methyl sites for hydroxylation is 1. The zero-order chi connectivity index (χ0) is 22.0. The Morgan fingerprint density at radius 3 is 2.48 bits per heavy atom. The van der Waals surface area contributed by atoms with Crippen molar-refractivity contribution in [3.05, 3.63) is 29.7 Å². The first kappa shape index (κ1) is 22.8. The van der Waals surface area contributed by atoms with Crippen LogP contribution in [0.25, 0.3) is 10.4 Å². The van der Waals surface area contributed by atoms with Gasteiger partial charge < -0.3 is 10.1 Å². The van der Waals surface area contributed by atoms with Gasteiger partial charge in [-0.2, -0.15) is 0 Å². The Bertz CT molecular complexity index is 1040. The van der Waals surface area contributed by atoms with Crippen LogP contribution in [0.2, 0.25) is 0 Å². The summed E-state index contributed by atoms with van der Waals surface area (Å²) in [4.78, 5) is 28.0. The van der Waals surface area contributed by atoms with Crippen LogP contribution >= 0.6 is 11.3 Å². The molecule has 0 fully saturated rings. The predicted molar refractivity (Wildman–Crippen MR) is 108 cm³/mol. The Labute approximate surface area is 172 Å². The second-order valence-electron chi connectivity index (χ2n) is 7.25. The number of anilines is 1. The summed E-state index contributed by atoms with van der Waals surface area (Å²) in [5, 5.41) is 5.11. The zero-order valence-corrected chi connectivity index (χ0v) is 18.3. The van der Waals surface area contributed by atoms with Crippen molar-refractivity contribution in [1.82, 2.24) is 10.3 Å². The summed E-state index contributed by atoms with van der Waals surface area (Å²) in [5.74, 6) is -1.44. The lowest BCUT2D eigenvalue weighted by atomic mass is 10.1. The first-order valence-electron chi connectivity index (χ1n) is 8.50. The van der Waals surface area contributed by atoms with Crippen molar-refractivity contribution in [1.29, 1.82) is 0 Å². The van der Waals surface area contributed by atoms with Gasteiger partial charge in [-0.1, -0.05) is 17.4 Å². The number of amides is 2. The van der Waals surface area contributed by atoms with E-state index in [9.17, 15) is 22.4 Å². The molecule has 0 saturated heterocycles. The summed E-state index contributed by atoms with van der Waals surface area (Å²) in [6.07, 6.45) is 0.931. The molecule has 0 atom stereocenters. The van der Waals surface area contributed by atoms with Crippen molar-refractivity contribution in [2.45, 2.75) is 38.2 Å². The molecule has 0 aliphatic rings. The van der Waals surface area contributed by atoms with Gasteiger partial charge in [0.1, 0.15) is 22.9 Å². The molecule has 0 bridgehead atoms. The van der Waals surface area contributed by atoms with E-state index in [4.69, 9.17) is 4.74 Å². The molecule has 1 heterocycles. The number of hydrogen-bond donors (Lipinski definition) is 2. The molecular formula is C18H22FN3O5S2. The Morgan fingerprint density at radius 2 is 1.93 bits per heavy atom. The lowest BCUT2D eigenvalue weighted by Gasteiger charge is -2.19. The minimum atomic E-state index is -3.67. The molecule has 158 valence electrons. The van der Waals surface area contributed by atoms with E-state index >= 15 is 0 Å². The van der Waals surface area contributed by atoms with Crippen LogP contribution in [0.1, 0.15) is 26.5 Å². The molecular weight excluding hydrogens is 421 g/mol. The largest absolute Gasteiger partial charge is 0.459 e. The Balaban J connectivity index is 2.08. The molecule has 1 aromatic carbocycles. The maximum absolute atomic E-state index is 14.2. The van der Waals surface area contributed by atoms with Crippen LogP contribution in [0, 0.1) is 12.7 Å². The molecule has 2 rings (SSSR count). The van der Waals surface area contributed by atoms with Crippen LogP contribution in [0.4, 0.5) is 14.3 Å². The van der Waals surface area contributed by atoms with E-state index in [-0.39, 0.29) is 16.6 Å². The van der Waals surface area contributed by atoms with Gasteiger partial charge in [0, 0.05) is 6.26 Å². The number of carbonyl (C=O) groups excluding carboxylic acids is 2. The number of ether oxygens (including phenoxy) is 1. The predicted octanol–water partition coefficient (Wildman–Crippen LogP) is 3.12. The highest BCUT2D eigenvalue weighted by Crippen LogP contribution is 2.34. The van der Waals surface area contributed by atoms with Gasteiger partial charge in [-0.25, -0.2) is 22.6 Å². The van der Waals surface area contributed by atoms with Crippen molar-refractivity contribution in [2.75, 3.05) is 18.1 Å². The highest BCUT2D eigenvalue weighted by molar-refractivity contribution is 7.90. The number of carbonyl (C=O) groups is 2. The van der Waals surface area contributed by atoms with Crippen LogP contribution in [0.15, 0.2) is 23.1 Å². The number of nitrogens with one attached hydrogen (secondary N) is 2. The number of halogens is 1. The number of sulfone groups is 1. The average molecular weight is 444 g/mol. The third-order valence-electron chi connectivity index (χ3n) is 3.42. The third kappa shape index (κ3) is 6.50. The fourth-order valence-corrected chi connectivity index (χ4v) is 4.02. The molecule has 0 saturated carbocycles. The number of urea groups is 1. The number of thiazole rings is 1. The number of aromatic nitrogens is 1. The minimum Gasteiger partial charge on any atom is -0.459 e. The number of nitrogens with zero attached hydrogens (tertiary/aromatic N) is 1. The van der Waals surface area contributed by atoms with E-state index in [0.717, 1.165) is 23.7 Å². The summed E-state index contributed by atoms with van der Waals surface area (Å²) < 4.78 is 42.3. The second kappa shape index (κ2) is 8.46. The van der Waals surface area contributed by atoms with Crippen LogP contribution in [-0.2, 0) is 19.4 Å². The van der Waals surface area contributed by atoms with Crippen LogP contribution < -0.4 is 10.6 Å². The van der Waals surface area contributed by atoms with E-state index in [2.05, 4.69) is 15.6 Å². The fourth-order valence-electron chi connectivity index (χ4n) is 2.33. The van der Waals surface area contributed by atoms with Crippen molar-refractivity contribution in [2.24, 2.45) is 0 Å². The molecule has 8 nitrogen and oxygen atoms in total. The summed E-state index contributed by atoms with van der Waals surface area (Å²) in [7, 11) is -3.67. The maximum Gasteiger partial charge on any atom is 0.325 e. The van der Waals surface area contributed by atoms with E-state index in [1.807, 2.05) is 0 Å². The highest BCUT2D eigenvalue weighted by Gasteiger charge is 2.19. The standard InChI is InChI=1S/C18H22FN3O5S2/c1-10-15(11-6-7-13(12(19)8-11)29(5,25)26)28-17(21-10)22-16(24)20-9-14(23)27-18(2,3)4/h6-8H,9H2,1-5H3,(H2,20,21,22,24). The van der Waals surface area contributed by atoms with Gasteiger partial charge in [0.25, 0.3) is 0 Å². The van der Waals surface area contributed by atoms with Crippen molar-refractivity contribution < 1.29 is 27.1 Å². The molecule has 0 aliphatic carbocycles. The Morgan fingerprint density at radius 1 is 1.28 bits per heavy atom. The van der Waals surface area contributed by atoms with Gasteiger partial charge >= 0.3 is 12.0 Å². The highest BCUT2D eigenvalue weighted by atomic mass is 32.2. The first-order chi connectivity index (χ1) is 13.3. The molecule has 29 heavy (non-hydrogen) atoms. The summed E-state index contributed by atoms with van der Waals surface area (Å²) in [5.41, 5.74) is 0.314. The van der Waals surface area contributed by atoms with Crippen molar-refractivity contribution >= 4 is 38.3 Å². The zero-order valence-electron chi connectivity index (χ0n) is 16.6. The van der Waals surface area contributed by atoms with Gasteiger partial charge in [0.15, 0.2) is 15.0 Å². The number of esters is 1. The SMILES string of the molecule is Cc1nc(NC(=O)NCC(=O)OC(C)(C)C)sc1-c1ccc(S(C)(=O)=O)c(F)c1. The summed E-state index contributed by atoms with van der Waals surface area (Å²) in [6.45, 7) is 6.53. The summed E-state index contributed by atoms with van der Waals surface area (Å²) >= 11 is 1.09. The van der Waals surface area contributed by atoms with Gasteiger partial charge in [-0.3, -0.25) is 10.1 Å². The minimum absolute atomic E-state index is 0.242. The quantitative estimate of drug-likeness (QED) is 0.686. The topological polar surface area (TPSA) is 114 Å². The Hall–Kier alpha value is -2.53. The van der Waals surface area contributed by atoms with E-state index < -0.39 is 33.3 Å². The second-order valence-corrected chi connectivity index (χ2v) is 10.2. The van der Waals surface area contributed by atoms with E-state index in [1.54, 1.807) is 27.7 Å². The van der Waals surface area contributed by atoms with E-state index in [0.29, 0.717) is 16.1 Å². The van der Waals surface area contributed by atoms with Crippen LogP contribution in [0.3, 0.4) is 0 Å². The molecule has 2 aromatic rings. The number of hydrogen-bond acceptors (Lipinski definition) is 7. The monoisotopic (exact) mass is 443 g/mol. The smallest absolute Gasteiger partial charge is 0.325 e. The lowest BCUT2D eigenvalue weighted by Crippen LogP contribution is -2.36. The van der Waals surface area contributed by atoms with Crippen LogP contribution in [0.5, 0.6) is 0 Å². The number of benzene rings is 1. The van der Waals surface area contributed by atoms with E-state index in [1.165, 1.54) is 12.1 Å². The maximum atomic E-state index is 14.2. The molecule has 0 aliphatic heterocycles. The van der Waals surface area contributed by atoms with Gasteiger partial charge in [-0.05, 0) is 45.4 Å². The Kier molecular flexibility index (Phi) is 6.63. The first-order valence-corrected chi connectivity index (χ1v) is 11.2. The van der Waals surface area contributed by atoms with Gasteiger partial charge in [0.2, 0.25) is 0 Å². The molecule has 0 radical (unpaired) electrons. The summed E-state index contributed by atoms with van der Waals surface area (Å²) in [6, 6.07) is 3.14. The lowest BCUT2D eigenvalue weighted by molar-refractivity contribution is -0.153. The molecule has 11 heteroatoms. The third-order valence-corrected chi connectivity index (χ3v) is 5.68. The van der Waals surface area contributed by atoms with Gasteiger partial charge in [0.05, 0.1) is 10.6 Å². The fraction of sp³-hybridized carbons (Fsp3) is 0.389. The molecule has 1 aromatic heterocycles. The average Bonchev–Trinajstić information content (AvgIpc) is 2.90. The molecule has 2 amide bonds. The van der Waals surface area contributed by atoms with Crippen molar-refractivity contribution in [3.63, 3.8) is 0 Å². The van der Waals surface area contributed by atoms with Crippen LogP contribution in [-0.4, -0.2) is 43.8 Å². The van der Waals surface area contributed by atoms with Crippen molar-refractivity contribution in [3.8, 4) is 10.4 Å². The molecule has 0 unspecified atom stereocenters. The normalized spacial score (nSPS) is 11.8. The molecule has 2 N–H and O–H groups in total. The molecule has 0 spiro atoms. The number of rotatable bonds is 5. The van der Waals surface area contributed by atoms with Gasteiger partial charge in [-0.15, -0.1) is 0 Å².